The first-order valence-electron chi connectivity index (χ1n) is 10.2. The molecule has 1 saturated heterocycles. The molecule has 0 spiro atoms. The fourth-order valence-corrected chi connectivity index (χ4v) is 4.63. The van der Waals surface area contributed by atoms with Crippen LogP contribution in [0.5, 0.6) is 5.75 Å². The van der Waals surface area contributed by atoms with Gasteiger partial charge in [0.1, 0.15) is 18.1 Å². The number of benzene rings is 2. The summed E-state index contributed by atoms with van der Waals surface area (Å²) < 4.78 is 5.55. The molecule has 1 fully saturated rings. The number of aliphatic hydroxyl groups excluding tert-OH is 1. The summed E-state index contributed by atoms with van der Waals surface area (Å²) >= 11 is 7.30. The molecule has 4 rings (SSSR count). The van der Waals surface area contributed by atoms with Gasteiger partial charge in [0.15, 0.2) is 5.13 Å². The van der Waals surface area contributed by atoms with Crippen molar-refractivity contribution in [3.63, 3.8) is 0 Å². The Morgan fingerprint density at radius 1 is 1.18 bits per heavy atom. The number of rotatable bonds is 6. The molecule has 1 aliphatic heterocycles. The van der Waals surface area contributed by atoms with E-state index in [9.17, 15) is 14.7 Å². The summed E-state index contributed by atoms with van der Waals surface area (Å²) in [6.45, 7) is 7.74. The number of halogens is 1. The summed E-state index contributed by atoms with van der Waals surface area (Å²) in [4.78, 5) is 33.1. The van der Waals surface area contributed by atoms with Crippen LogP contribution in [0.2, 0.25) is 5.02 Å². The van der Waals surface area contributed by atoms with Crippen molar-refractivity contribution in [2.75, 3.05) is 11.5 Å². The van der Waals surface area contributed by atoms with E-state index >= 15 is 0 Å². The Labute approximate surface area is 200 Å². The number of aromatic nitrogens is 1. The van der Waals surface area contributed by atoms with E-state index < -0.39 is 17.7 Å². The highest BCUT2D eigenvalue weighted by atomic mass is 35.5. The topological polar surface area (TPSA) is 79.7 Å². The average Bonchev–Trinajstić information content (AvgIpc) is 3.28. The second-order valence-corrected chi connectivity index (χ2v) is 9.10. The molecule has 0 aliphatic carbocycles. The average molecular weight is 481 g/mol. The van der Waals surface area contributed by atoms with Gasteiger partial charge in [-0.15, -0.1) is 11.3 Å². The number of hydrogen-bond donors (Lipinski definition) is 1. The standard InChI is InChI=1S/C25H21ClN2O4S/c1-4-13-32-19-11-7-16(8-12-19)21-20(22(29)17-5-9-18(26)10-6-17)23(30)24(31)28(21)25-27-14(2)15(3)33-25/h4-12,21,29H,1,13H2,2-3H3. The Morgan fingerprint density at radius 2 is 1.85 bits per heavy atom. The highest BCUT2D eigenvalue weighted by Crippen LogP contribution is 2.44. The predicted octanol–water partition coefficient (Wildman–Crippen LogP) is 5.60. The predicted molar refractivity (Wildman–Crippen MR) is 130 cm³/mol. The van der Waals surface area contributed by atoms with Crippen molar-refractivity contribution in [2.45, 2.75) is 19.9 Å². The molecule has 1 aliphatic rings. The van der Waals surface area contributed by atoms with Gasteiger partial charge in [0.2, 0.25) is 0 Å². The second kappa shape index (κ2) is 9.21. The first-order valence-corrected chi connectivity index (χ1v) is 11.4. The Kier molecular flexibility index (Phi) is 6.35. The van der Waals surface area contributed by atoms with Crippen LogP contribution in [0.4, 0.5) is 5.13 Å². The lowest BCUT2D eigenvalue weighted by Gasteiger charge is -2.23. The van der Waals surface area contributed by atoms with Crippen molar-refractivity contribution in [1.29, 1.82) is 0 Å². The maximum absolute atomic E-state index is 13.2. The maximum Gasteiger partial charge on any atom is 0.301 e. The van der Waals surface area contributed by atoms with Crippen molar-refractivity contribution < 1.29 is 19.4 Å². The molecule has 1 aromatic heterocycles. The smallest absolute Gasteiger partial charge is 0.301 e. The van der Waals surface area contributed by atoms with Gasteiger partial charge < -0.3 is 9.84 Å². The largest absolute Gasteiger partial charge is 0.507 e. The number of hydrogen-bond acceptors (Lipinski definition) is 6. The minimum absolute atomic E-state index is 0.00686. The van der Waals surface area contributed by atoms with E-state index in [0.717, 1.165) is 10.6 Å². The summed E-state index contributed by atoms with van der Waals surface area (Å²) in [6, 6.07) is 12.6. The molecule has 0 saturated carbocycles. The molecule has 33 heavy (non-hydrogen) atoms. The number of amides is 1. The molecule has 1 unspecified atom stereocenters. The lowest BCUT2D eigenvalue weighted by molar-refractivity contribution is -0.132. The summed E-state index contributed by atoms with van der Waals surface area (Å²) in [5.74, 6) is -1.16. The molecule has 1 atom stereocenters. The van der Waals surface area contributed by atoms with Gasteiger partial charge in [-0.05, 0) is 55.8 Å². The third kappa shape index (κ3) is 4.29. The maximum atomic E-state index is 13.2. The molecule has 2 aromatic carbocycles. The Morgan fingerprint density at radius 3 is 2.42 bits per heavy atom. The van der Waals surface area contributed by atoms with Crippen LogP contribution in [0.3, 0.4) is 0 Å². The fourth-order valence-electron chi connectivity index (χ4n) is 3.57. The van der Waals surface area contributed by atoms with Gasteiger partial charge >= 0.3 is 5.91 Å². The number of ketones is 1. The molecule has 1 N–H and O–H groups in total. The van der Waals surface area contributed by atoms with Gasteiger partial charge in [-0.3, -0.25) is 14.5 Å². The first kappa shape index (κ1) is 22.8. The van der Waals surface area contributed by atoms with Crippen molar-refractivity contribution in [3.8, 4) is 5.75 Å². The number of anilines is 1. The van der Waals surface area contributed by atoms with Crippen LogP contribution < -0.4 is 9.64 Å². The quantitative estimate of drug-likeness (QED) is 0.215. The molecule has 0 bridgehead atoms. The number of carbonyl (C=O) groups is 2. The lowest BCUT2D eigenvalue weighted by Crippen LogP contribution is -2.29. The Bertz CT molecular complexity index is 1240. The van der Waals surface area contributed by atoms with Gasteiger partial charge in [0.05, 0.1) is 17.3 Å². The molecular weight excluding hydrogens is 460 g/mol. The van der Waals surface area contributed by atoms with Crippen LogP contribution in [0.1, 0.15) is 27.7 Å². The monoisotopic (exact) mass is 480 g/mol. The number of aryl methyl sites for hydroxylation is 2. The number of ether oxygens (including phenoxy) is 1. The normalized spacial score (nSPS) is 17.4. The summed E-state index contributed by atoms with van der Waals surface area (Å²) in [6.07, 6.45) is 1.64. The van der Waals surface area contributed by atoms with E-state index in [2.05, 4.69) is 11.6 Å². The fraction of sp³-hybridized carbons (Fsp3) is 0.160. The molecular formula is C25H21ClN2O4S. The number of carbonyl (C=O) groups excluding carboxylic acids is 2. The van der Waals surface area contributed by atoms with Gasteiger partial charge in [0.25, 0.3) is 5.78 Å². The Balaban J connectivity index is 1.88. The minimum Gasteiger partial charge on any atom is -0.507 e. The third-order valence-electron chi connectivity index (χ3n) is 5.35. The van der Waals surface area contributed by atoms with Crippen molar-refractivity contribution in [1.82, 2.24) is 4.98 Å². The molecule has 168 valence electrons. The van der Waals surface area contributed by atoms with Gasteiger partial charge in [-0.1, -0.05) is 36.4 Å². The summed E-state index contributed by atoms with van der Waals surface area (Å²) in [5.41, 5.74) is 1.80. The highest BCUT2D eigenvalue weighted by Gasteiger charge is 2.48. The number of nitrogens with zero attached hydrogens (tertiary/aromatic N) is 2. The zero-order chi connectivity index (χ0) is 23.7. The van der Waals surface area contributed by atoms with E-state index in [1.54, 1.807) is 54.6 Å². The van der Waals surface area contributed by atoms with Gasteiger partial charge in [0, 0.05) is 15.5 Å². The zero-order valence-corrected chi connectivity index (χ0v) is 19.6. The first-order chi connectivity index (χ1) is 15.8. The Hall–Kier alpha value is -3.42. The van der Waals surface area contributed by atoms with Crippen LogP contribution in [0.25, 0.3) is 5.76 Å². The number of aliphatic hydroxyl groups is 1. The number of Topliss-reactive ketones (excluding diaryl/α,β-unsaturated/α-hetero) is 1. The zero-order valence-electron chi connectivity index (χ0n) is 18.0. The van der Waals surface area contributed by atoms with Gasteiger partial charge in [-0.2, -0.15) is 0 Å². The third-order valence-corrected chi connectivity index (χ3v) is 6.67. The van der Waals surface area contributed by atoms with E-state index in [1.807, 2.05) is 13.8 Å². The molecule has 2 heterocycles. The summed E-state index contributed by atoms with van der Waals surface area (Å²) in [5, 5.41) is 12.0. The van der Waals surface area contributed by atoms with Gasteiger partial charge in [-0.25, -0.2) is 4.98 Å². The SMILES string of the molecule is C=CCOc1ccc(C2C(=C(O)c3ccc(Cl)cc3)C(=O)C(=O)N2c2nc(C)c(C)s2)cc1. The molecule has 1 amide bonds. The summed E-state index contributed by atoms with van der Waals surface area (Å²) in [7, 11) is 0. The van der Waals surface area contributed by atoms with E-state index in [-0.39, 0.29) is 11.3 Å². The minimum atomic E-state index is -0.848. The van der Waals surface area contributed by atoms with E-state index in [4.69, 9.17) is 16.3 Å². The van der Waals surface area contributed by atoms with E-state index in [1.165, 1.54) is 16.2 Å². The van der Waals surface area contributed by atoms with E-state index in [0.29, 0.717) is 33.6 Å². The highest BCUT2D eigenvalue weighted by molar-refractivity contribution is 7.16. The second-order valence-electron chi connectivity index (χ2n) is 7.48. The molecule has 3 aromatic rings. The molecule has 8 heteroatoms. The molecule has 0 radical (unpaired) electrons. The van der Waals surface area contributed by atoms with Crippen molar-refractivity contribution in [3.05, 3.63) is 93.5 Å². The van der Waals surface area contributed by atoms with Crippen molar-refractivity contribution >= 4 is 45.5 Å². The number of thiazole rings is 1. The molecule has 6 nitrogen and oxygen atoms in total. The van der Waals surface area contributed by atoms with Crippen LogP contribution in [0.15, 0.2) is 66.8 Å². The van der Waals surface area contributed by atoms with Crippen molar-refractivity contribution in [2.24, 2.45) is 0 Å². The van der Waals surface area contributed by atoms with Crippen LogP contribution in [-0.4, -0.2) is 28.4 Å². The van der Waals surface area contributed by atoms with Crippen LogP contribution in [0, 0.1) is 13.8 Å². The lowest BCUT2D eigenvalue weighted by atomic mass is 9.95. The van der Waals surface area contributed by atoms with Crippen LogP contribution >= 0.6 is 22.9 Å². The van der Waals surface area contributed by atoms with Crippen LogP contribution in [-0.2, 0) is 9.59 Å².